The molecule has 24 heavy (non-hydrogen) atoms. The molecular weight excluding hydrogens is 305 g/mol. The molecule has 0 radical (unpaired) electrons. The monoisotopic (exact) mass is 324 g/mol. The minimum atomic E-state index is -1.97. The van der Waals surface area contributed by atoms with Gasteiger partial charge in [-0.25, -0.2) is 0 Å². The molecule has 0 saturated carbocycles. The summed E-state index contributed by atoms with van der Waals surface area (Å²) in [6.07, 6.45) is 0. The minimum absolute atomic E-state index is 0.0658. The van der Waals surface area contributed by atoms with E-state index in [0.29, 0.717) is 11.4 Å². The van der Waals surface area contributed by atoms with Crippen molar-refractivity contribution in [2.45, 2.75) is 19.8 Å². The first-order chi connectivity index (χ1) is 11.9. The summed E-state index contributed by atoms with van der Waals surface area (Å²) >= 11 is 0. The third kappa shape index (κ3) is 3.17. The fourth-order valence-corrected chi connectivity index (χ4v) is 2.59. The topological polar surface area (TPSA) is 101 Å². The van der Waals surface area contributed by atoms with E-state index in [9.17, 15) is 0 Å². The first-order valence-corrected chi connectivity index (χ1v) is 7.57. The smallest absolute Gasteiger partial charge is 0.512 e. The van der Waals surface area contributed by atoms with Gasteiger partial charge in [-0.1, -0.05) is 32.0 Å². The van der Waals surface area contributed by atoms with E-state index >= 15 is 0 Å². The highest BCUT2D eigenvalue weighted by Crippen LogP contribution is 2.31. The third-order valence-corrected chi connectivity index (χ3v) is 3.70. The van der Waals surface area contributed by atoms with Crippen LogP contribution in [0.4, 0.5) is 5.82 Å². The number of anilines is 1. The second kappa shape index (κ2) is 6.47. The van der Waals surface area contributed by atoms with Crippen LogP contribution in [0.25, 0.3) is 21.9 Å². The lowest BCUT2D eigenvalue weighted by Crippen LogP contribution is -2.20. The van der Waals surface area contributed by atoms with Crippen molar-refractivity contribution in [3.05, 3.63) is 48.1 Å². The van der Waals surface area contributed by atoms with E-state index in [0.717, 1.165) is 22.0 Å². The number of benzene rings is 2. The number of aromatic nitrogens is 2. The van der Waals surface area contributed by atoms with Crippen molar-refractivity contribution in [3.63, 3.8) is 0 Å². The zero-order valence-electron chi connectivity index (χ0n) is 14.4. The van der Waals surface area contributed by atoms with Gasteiger partial charge < -0.3 is 20.4 Å². The normalized spacial score (nSPS) is 11.6. The number of nitrogens with zero attached hydrogens (tertiary/aromatic N) is 2. The van der Waals surface area contributed by atoms with Crippen LogP contribution < -0.4 is 10.4 Å². The van der Waals surface area contributed by atoms with E-state index in [1.54, 1.807) is 12.1 Å². The van der Waals surface area contributed by atoms with E-state index in [-0.39, 0.29) is 17.7 Å². The zero-order chi connectivity index (χ0) is 18.1. The fraction of sp³-hybridized carbons (Fsp3) is 0.176. The van der Waals surface area contributed by atoms with Crippen LogP contribution in [0.2, 0.25) is 0 Å². The summed E-state index contributed by atoms with van der Waals surface area (Å²) in [4.78, 5) is 0. The molecule has 1 heterocycles. The van der Waals surface area contributed by atoms with Crippen LogP contribution in [0.1, 0.15) is 26.8 Å². The molecule has 3 aromatic rings. The Hall–Kier alpha value is -2.64. The second-order valence-electron chi connectivity index (χ2n) is 5.76. The minimum Gasteiger partial charge on any atom is -0.512 e. The molecule has 7 heteroatoms. The van der Waals surface area contributed by atoms with Crippen LogP contribution in [0.5, 0.6) is 5.75 Å². The van der Waals surface area contributed by atoms with Crippen molar-refractivity contribution in [1.29, 1.82) is 0 Å². The molecule has 0 spiro atoms. The Kier molecular flexibility index (Phi) is 4.02. The Morgan fingerprint density at radius 1 is 1.12 bits per heavy atom. The summed E-state index contributed by atoms with van der Waals surface area (Å²) in [6.45, 7) is 4.05. The van der Waals surface area contributed by atoms with E-state index in [1.165, 1.54) is 6.07 Å². The molecule has 2 aromatic carbocycles. The zero-order valence-corrected chi connectivity index (χ0v) is 13.4. The summed E-state index contributed by atoms with van der Waals surface area (Å²) in [6, 6.07) is 10.7. The molecule has 4 N–H and O–H groups in total. The maximum atomic E-state index is 8.98. The van der Waals surface area contributed by atoms with Gasteiger partial charge >= 0.3 is 7.32 Å². The van der Waals surface area contributed by atoms with Gasteiger partial charge in [0.1, 0.15) is 5.75 Å². The van der Waals surface area contributed by atoms with Crippen LogP contribution in [0.3, 0.4) is 0 Å². The van der Waals surface area contributed by atoms with Gasteiger partial charge in [0.2, 0.25) is 0 Å². The maximum Gasteiger partial charge on any atom is 0.707 e. The van der Waals surface area contributed by atoms with Gasteiger partial charge in [0.25, 0.3) is 0 Å². The van der Waals surface area contributed by atoms with Crippen LogP contribution in [0, 0.1) is 0 Å². The number of hydrogen-bond donors (Lipinski definition) is 3. The fourth-order valence-electron chi connectivity index (χ4n) is 2.59. The second-order valence-corrected chi connectivity index (χ2v) is 5.76. The van der Waals surface area contributed by atoms with Crippen LogP contribution >= 0.6 is 0 Å². The first-order valence-electron chi connectivity index (χ1n) is 8.07. The van der Waals surface area contributed by atoms with Gasteiger partial charge in [-0.15, -0.1) is 5.10 Å². The predicted molar refractivity (Wildman–Crippen MR) is 94.3 cm³/mol. The molecule has 0 bridgehead atoms. The molecule has 0 atom stereocenters. The average molecular weight is 324 g/mol. The molecule has 0 aliphatic rings. The van der Waals surface area contributed by atoms with Crippen molar-refractivity contribution in [1.82, 2.24) is 10.2 Å². The Balaban J connectivity index is 2.19. The number of rotatable bonds is 4. The lowest BCUT2D eigenvalue weighted by atomic mass is 9.97. The largest absolute Gasteiger partial charge is 0.707 e. The number of nitrogens with two attached hydrogens (primary N) is 1. The van der Waals surface area contributed by atoms with Gasteiger partial charge in [0.05, 0.1) is 7.06 Å². The SMILES string of the molecule is [2H]c1c(OB(O)O)cccc1-c1ccc2c(N)nnc(C(C)C)c2c1. The van der Waals surface area contributed by atoms with Crippen LogP contribution in [-0.4, -0.2) is 27.6 Å². The lowest BCUT2D eigenvalue weighted by molar-refractivity contribution is 0.288. The Bertz CT molecular complexity index is 934. The summed E-state index contributed by atoms with van der Waals surface area (Å²) < 4.78 is 13.1. The van der Waals surface area contributed by atoms with Crippen molar-refractivity contribution >= 4 is 23.9 Å². The van der Waals surface area contributed by atoms with E-state index in [1.807, 2.05) is 32.0 Å². The van der Waals surface area contributed by atoms with E-state index < -0.39 is 7.32 Å². The molecule has 0 fully saturated rings. The highest BCUT2D eigenvalue weighted by Gasteiger charge is 2.14. The number of hydrogen-bond acceptors (Lipinski definition) is 6. The number of nitrogen functional groups attached to an aromatic ring is 1. The van der Waals surface area contributed by atoms with Gasteiger partial charge in [0.15, 0.2) is 5.82 Å². The summed E-state index contributed by atoms with van der Waals surface area (Å²) in [5.41, 5.74) is 8.15. The molecule has 3 rings (SSSR count). The third-order valence-electron chi connectivity index (χ3n) is 3.70. The number of fused-ring (bicyclic) bond motifs is 1. The molecular formula is C17H18BN3O3. The first kappa shape index (κ1) is 14.9. The van der Waals surface area contributed by atoms with Crippen molar-refractivity contribution < 1.29 is 16.1 Å². The quantitative estimate of drug-likeness (QED) is 0.637. The predicted octanol–water partition coefficient (Wildman–Crippen LogP) is 2.35. The molecule has 0 saturated heterocycles. The molecule has 0 aliphatic carbocycles. The maximum absolute atomic E-state index is 8.98. The van der Waals surface area contributed by atoms with Gasteiger partial charge in [0, 0.05) is 10.8 Å². The Morgan fingerprint density at radius 3 is 2.62 bits per heavy atom. The van der Waals surface area contributed by atoms with Gasteiger partial charge in [-0.2, -0.15) is 5.10 Å². The highest BCUT2D eigenvalue weighted by molar-refractivity contribution is 6.33. The molecule has 0 amide bonds. The molecule has 122 valence electrons. The van der Waals surface area contributed by atoms with Gasteiger partial charge in [-0.05, 0) is 41.3 Å². The van der Waals surface area contributed by atoms with Crippen LogP contribution in [0.15, 0.2) is 42.4 Å². The summed E-state index contributed by atoms with van der Waals surface area (Å²) in [5, 5.41) is 27.9. The van der Waals surface area contributed by atoms with Crippen molar-refractivity contribution in [2.75, 3.05) is 5.73 Å². The Morgan fingerprint density at radius 2 is 1.92 bits per heavy atom. The van der Waals surface area contributed by atoms with E-state index in [2.05, 4.69) is 10.2 Å². The summed E-state index contributed by atoms with van der Waals surface area (Å²) in [5.74, 6) is 0.613. The summed E-state index contributed by atoms with van der Waals surface area (Å²) in [7, 11) is -1.97. The standard InChI is InChI=1S/C17H18BN3O3/c1-10(2)16-15-9-12(6-7-14(15)17(19)21-20-16)11-4-3-5-13(8-11)24-18(22)23/h3-10,22-23H,1-2H3,(H2,19,21)/i8D. The molecule has 0 unspecified atom stereocenters. The molecule has 6 nitrogen and oxygen atoms in total. The molecule has 0 aliphatic heterocycles. The highest BCUT2D eigenvalue weighted by atomic mass is 16.6. The molecule has 1 aromatic heterocycles. The van der Waals surface area contributed by atoms with Crippen LogP contribution in [-0.2, 0) is 0 Å². The van der Waals surface area contributed by atoms with E-state index in [4.69, 9.17) is 21.8 Å². The lowest BCUT2D eigenvalue weighted by Gasteiger charge is -2.12. The van der Waals surface area contributed by atoms with Gasteiger partial charge in [-0.3, -0.25) is 0 Å². The van der Waals surface area contributed by atoms with Crippen molar-refractivity contribution in [3.8, 4) is 16.9 Å². The Labute approximate surface area is 141 Å². The average Bonchev–Trinajstić information content (AvgIpc) is 2.56. The van der Waals surface area contributed by atoms with Crippen molar-refractivity contribution in [2.24, 2.45) is 0 Å².